The van der Waals surface area contributed by atoms with E-state index in [4.69, 9.17) is 4.74 Å². The Balaban J connectivity index is 1.66. The topological polar surface area (TPSA) is 89.7 Å². The van der Waals surface area contributed by atoms with Crippen molar-refractivity contribution in [3.63, 3.8) is 0 Å². The number of carbonyl (C=O) groups excluding carboxylic acids is 1. The van der Waals surface area contributed by atoms with E-state index >= 15 is 0 Å². The van der Waals surface area contributed by atoms with Crippen LogP contribution in [0.3, 0.4) is 0 Å². The smallest absolute Gasteiger partial charge is 0.332 e. The molecule has 0 aliphatic carbocycles. The summed E-state index contributed by atoms with van der Waals surface area (Å²) in [7, 11) is 3.08. The van der Waals surface area contributed by atoms with E-state index in [0.717, 1.165) is 42.6 Å². The fourth-order valence-electron chi connectivity index (χ4n) is 4.23. The molecule has 1 atom stereocenters. The van der Waals surface area contributed by atoms with Gasteiger partial charge >= 0.3 is 5.69 Å². The van der Waals surface area contributed by atoms with Crippen molar-refractivity contribution in [2.45, 2.75) is 25.3 Å². The predicted octanol–water partition coefficient (Wildman–Crippen LogP) is 0.0180. The van der Waals surface area contributed by atoms with Gasteiger partial charge in [-0.2, -0.15) is 0 Å². The van der Waals surface area contributed by atoms with Crippen molar-refractivity contribution in [1.29, 1.82) is 0 Å². The number of amides is 1. The standard InChI is InChI=1S/C20H27N5O4/c1-22-18-14(19(27)23(2)20(22)28)6-7-15(21-18)16-5-3-4-8-25(16)17(26)13-24-9-11-29-12-10-24/h6-7,16H,3-5,8-13H2,1-2H3/t16-/m1/s1. The van der Waals surface area contributed by atoms with Gasteiger partial charge in [0.1, 0.15) is 5.65 Å². The highest BCUT2D eigenvalue weighted by atomic mass is 16.5. The largest absolute Gasteiger partial charge is 0.379 e. The van der Waals surface area contributed by atoms with Gasteiger partial charge in [-0.25, -0.2) is 9.78 Å². The number of nitrogens with zero attached hydrogens (tertiary/aromatic N) is 5. The highest BCUT2D eigenvalue weighted by Gasteiger charge is 2.30. The molecule has 2 aromatic heterocycles. The molecule has 2 aliphatic rings. The summed E-state index contributed by atoms with van der Waals surface area (Å²) in [4.78, 5) is 46.4. The third-order valence-electron chi connectivity index (χ3n) is 5.95. The Morgan fingerprint density at radius 3 is 2.62 bits per heavy atom. The number of rotatable bonds is 3. The third-order valence-corrected chi connectivity index (χ3v) is 5.95. The number of carbonyl (C=O) groups is 1. The van der Waals surface area contributed by atoms with Crippen LogP contribution in [0.25, 0.3) is 11.0 Å². The zero-order valence-electron chi connectivity index (χ0n) is 17.0. The van der Waals surface area contributed by atoms with E-state index in [2.05, 4.69) is 9.88 Å². The van der Waals surface area contributed by atoms with Crippen LogP contribution >= 0.6 is 0 Å². The molecule has 4 rings (SSSR count). The molecule has 2 fully saturated rings. The van der Waals surface area contributed by atoms with Crippen molar-refractivity contribution >= 4 is 16.9 Å². The van der Waals surface area contributed by atoms with Crippen LogP contribution in [-0.2, 0) is 23.6 Å². The number of aryl methyl sites for hydroxylation is 1. The fourth-order valence-corrected chi connectivity index (χ4v) is 4.23. The van der Waals surface area contributed by atoms with Gasteiger partial charge in [0.15, 0.2) is 0 Å². The number of pyridine rings is 1. The number of hydrogen-bond acceptors (Lipinski definition) is 6. The number of aromatic nitrogens is 3. The van der Waals surface area contributed by atoms with Gasteiger partial charge in [0.2, 0.25) is 5.91 Å². The lowest BCUT2D eigenvalue weighted by Crippen LogP contribution is -2.47. The summed E-state index contributed by atoms with van der Waals surface area (Å²) < 4.78 is 7.84. The van der Waals surface area contributed by atoms with E-state index < -0.39 is 5.69 Å². The van der Waals surface area contributed by atoms with Crippen LogP contribution in [0.5, 0.6) is 0 Å². The Labute approximate surface area is 168 Å². The van der Waals surface area contributed by atoms with Crippen LogP contribution in [-0.4, -0.2) is 69.2 Å². The summed E-state index contributed by atoms with van der Waals surface area (Å²) in [6, 6.07) is 3.40. The fraction of sp³-hybridized carbons (Fsp3) is 0.600. The summed E-state index contributed by atoms with van der Waals surface area (Å²) in [6.45, 7) is 3.93. The molecule has 156 valence electrons. The van der Waals surface area contributed by atoms with Crippen molar-refractivity contribution in [1.82, 2.24) is 23.9 Å². The lowest BCUT2D eigenvalue weighted by molar-refractivity contribution is -0.137. The summed E-state index contributed by atoms with van der Waals surface area (Å²) in [6.07, 6.45) is 2.81. The highest BCUT2D eigenvalue weighted by molar-refractivity contribution is 5.79. The Morgan fingerprint density at radius 2 is 1.86 bits per heavy atom. The molecule has 9 heteroatoms. The molecule has 0 spiro atoms. The lowest BCUT2D eigenvalue weighted by Gasteiger charge is -2.37. The van der Waals surface area contributed by atoms with Crippen LogP contribution in [0.1, 0.15) is 31.0 Å². The molecule has 0 radical (unpaired) electrons. The third kappa shape index (κ3) is 3.72. The molecule has 0 unspecified atom stereocenters. The van der Waals surface area contributed by atoms with Crippen molar-refractivity contribution in [2.24, 2.45) is 14.1 Å². The van der Waals surface area contributed by atoms with E-state index in [1.165, 1.54) is 11.6 Å². The van der Waals surface area contributed by atoms with Crippen LogP contribution < -0.4 is 11.2 Å². The first-order valence-corrected chi connectivity index (χ1v) is 10.1. The van der Waals surface area contributed by atoms with Gasteiger partial charge in [-0.15, -0.1) is 0 Å². The van der Waals surface area contributed by atoms with E-state index in [-0.39, 0.29) is 17.5 Å². The number of likely N-dealkylation sites (tertiary alicyclic amines) is 1. The second-order valence-electron chi connectivity index (χ2n) is 7.80. The average Bonchev–Trinajstić information content (AvgIpc) is 2.76. The number of ether oxygens (including phenoxy) is 1. The number of piperidine rings is 1. The first kappa shape index (κ1) is 19.8. The number of fused-ring (bicyclic) bond motifs is 1. The molecule has 9 nitrogen and oxygen atoms in total. The normalized spacial score (nSPS) is 20.9. The van der Waals surface area contributed by atoms with Crippen LogP contribution in [0, 0.1) is 0 Å². The molecule has 0 N–H and O–H groups in total. The summed E-state index contributed by atoms with van der Waals surface area (Å²) in [5, 5.41) is 0.403. The van der Waals surface area contributed by atoms with Gasteiger partial charge in [-0.1, -0.05) is 0 Å². The van der Waals surface area contributed by atoms with Gasteiger partial charge in [0.05, 0.1) is 36.9 Å². The number of hydrogen-bond donors (Lipinski definition) is 0. The maximum atomic E-state index is 13.0. The Hall–Kier alpha value is -2.52. The van der Waals surface area contributed by atoms with Gasteiger partial charge in [0, 0.05) is 33.7 Å². The van der Waals surface area contributed by atoms with Crippen molar-refractivity contribution in [3.05, 3.63) is 38.7 Å². The SMILES string of the molecule is Cn1c(=O)c2ccc([C@H]3CCCCN3C(=O)CN3CCOCC3)nc2n(C)c1=O. The van der Waals surface area contributed by atoms with Gasteiger partial charge < -0.3 is 9.64 Å². The number of morpholine rings is 1. The van der Waals surface area contributed by atoms with E-state index in [0.29, 0.717) is 37.3 Å². The molecule has 0 saturated carbocycles. The maximum absolute atomic E-state index is 13.0. The molecule has 2 aliphatic heterocycles. The monoisotopic (exact) mass is 401 g/mol. The molecule has 2 saturated heterocycles. The summed E-state index contributed by atoms with van der Waals surface area (Å²) >= 11 is 0. The molecule has 4 heterocycles. The minimum absolute atomic E-state index is 0.0939. The van der Waals surface area contributed by atoms with E-state index in [9.17, 15) is 14.4 Å². The van der Waals surface area contributed by atoms with Crippen LogP contribution in [0.4, 0.5) is 0 Å². The van der Waals surface area contributed by atoms with Crippen molar-refractivity contribution in [3.8, 4) is 0 Å². The first-order valence-electron chi connectivity index (χ1n) is 10.1. The Bertz CT molecular complexity index is 1040. The minimum atomic E-state index is -0.406. The van der Waals surface area contributed by atoms with E-state index in [1.807, 2.05) is 11.0 Å². The van der Waals surface area contributed by atoms with Gasteiger partial charge in [0.25, 0.3) is 5.56 Å². The highest BCUT2D eigenvalue weighted by Crippen LogP contribution is 2.30. The van der Waals surface area contributed by atoms with Crippen LogP contribution in [0.2, 0.25) is 0 Å². The van der Waals surface area contributed by atoms with Crippen molar-refractivity contribution < 1.29 is 9.53 Å². The lowest BCUT2D eigenvalue weighted by atomic mass is 9.98. The summed E-state index contributed by atoms with van der Waals surface area (Å²) in [5.74, 6) is 0.0939. The Morgan fingerprint density at radius 1 is 1.10 bits per heavy atom. The quantitative estimate of drug-likeness (QED) is 0.720. The zero-order valence-corrected chi connectivity index (χ0v) is 17.0. The second kappa shape index (κ2) is 8.08. The predicted molar refractivity (Wildman–Crippen MR) is 108 cm³/mol. The van der Waals surface area contributed by atoms with E-state index in [1.54, 1.807) is 13.1 Å². The molecular formula is C20H27N5O4. The van der Waals surface area contributed by atoms with Gasteiger partial charge in [-0.3, -0.25) is 23.6 Å². The van der Waals surface area contributed by atoms with Crippen molar-refractivity contribution in [2.75, 3.05) is 39.4 Å². The van der Waals surface area contributed by atoms with Crippen LogP contribution in [0.15, 0.2) is 21.7 Å². The minimum Gasteiger partial charge on any atom is -0.379 e. The maximum Gasteiger partial charge on any atom is 0.332 e. The molecule has 0 aromatic carbocycles. The zero-order chi connectivity index (χ0) is 20.5. The molecule has 0 bridgehead atoms. The van der Waals surface area contributed by atoms with Gasteiger partial charge in [-0.05, 0) is 31.4 Å². The molecular weight excluding hydrogens is 374 g/mol. The molecule has 1 amide bonds. The Kier molecular flexibility index (Phi) is 5.51. The second-order valence-corrected chi connectivity index (χ2v) is 7.80. The molecule has 29 heavy (non-hydrogen) atoms. The summed E-state index contributed by atoms with van der Waals surface area (Å²) in [5.41, 5.74) is 0.333. The first-order chi connectivity index (χ1) is 14.0. The molecule has 2 aromatic rings. The average molecular weight is 401 g/mol.